The van der Waals surface area contributed by atoms with Gasteiger partial charge in [0.1, 0.15) is 5.56 Å². The van der Waals surface area contributed by atoms with Crippen LogP contribution in [0, 0.1) is 11.6 Å². The maximum atomic E-state index is 13.6. The van der Waals surface area contributed by atoms with Crippen molar-refractivity contribution in [3.8, 4) is 17.2 Å². The van der Waals surface area contributed by atoms with Crippen LogP contribution in [0.3, 0.4) is 0 Å². The standard InChI is InChI=1S/C10H10F2O5/c1-3(2)17-9-6(12)4(10(15)16)5(11)7(13)8(9)14/h3,13-14H,1-2H3,(H,15,16). The molecule has 0 aromatic heterocycles. The van der Waals surface area contributed by atoms with Gasteiger partial charge in [0.2, 0.25) is 11.5 Å². The average molecular weight is 248 g/mol. The molecule has 94 valence electrons. The molecule has 7 heteroatoms. The Morgan fingerprint density at radius 3 is 2.12 bits per heavy atom. The van der Waals surface area contributed by atoms with E-state index in [4.69, 9.17) is 14.9 Å². The number of aromatic carboxylic acids is 1. The van der Waals surface area contributed by atoms with Gasteiger partial charge in [-0.3, -0.25) is 0 Å². The molecule has 0 heterocycles. The maximum absolute atomic E-state index is 13.6. The highest BCUT2D eigenvalue weighted by Crippen LogP contribution is 2.42. The highest BCUT2D eigenvalue weighted by atomic mass is 19.1. The summed E-state index contributed by atoms with van der Waals surface area (Å²) in [6, 6.07) is 0. The lowest BCUT2D eigenvalue weighted by Gasteiger charge is -2.14. The topological polar surface area (TPSA) is 87.0 Å². The molecule has 5 nitrogen and oxygen atoms in total. The molecule has 0 radical (unpaired) electrons. The summed E-state index contributed by atoms with van der Waals surface area (Å²) >= 11 is 0. The first-order valence-electron chi connectivity index (χ1n) is 4.60. The molecule has 0 unspecified atom stereocenters. The first-order chi connectivity index (χ1) is 7.77. The lowest BCUT2D eigenvalue weighted by atomic mass is 10.1. The number of carboxylic acids is 1. The Balaban J connectivity index is 3.56. The molecule has 3 N–H and O–H groups in total. The van der Waals surface area contributed by atoms with E-state index in [0.717, 1.165) is 0 Å². The fourth-order valence-corrected chi connectivity index (χ4v) is 1.17. The van der Waals surface area contributed by atoms with Gasteiger partial charge < -0.3 is 20.1 Å². The van der Waals surface area contributed by atoms with Gasteiger partial charge in [-0.2, -0.15) is 0 Å². The van der Waals surface area contributed by atoms with Crippen molar-refractivity contribution < 1.29 is 33.6 Å². The van der Waals surface area contributed by atoms with Crippen molar-refractivity contribution >= 4 is 5.97 Å². The number of phenolic OH excluding ortho intramolecular Hbond substituents is 2. The number of hydrogen-bond acceptors (Lipinski definition) is 4. The van der Waals surface area contributed by atoms with Gasteiger partial charge in [-0.25, -0.2) is 13.6 Å². The summed E-state index contributed by atoms with van der Waals surface area (Å²) in [5, 5.41) is 27.0. The zero-order chi connectivity index (χ0) is 13.3. The normalized spacial score (nSPS) is 10.6. The van der Waals surface area contributed by atoms with E-state index in [0.29, 0.717) is 0 Å². The highest BCUT2D eigenvalue weighted by Gasteiger charge is 2.29. The minimum atomic E-state index is -1.91. The number of phenols is 2. The van der Waals surface area contributed by atoms with Crippen molar-refractivity contribution in [1.29, 1.82) is 0 Å². The van der Waals surface area contributed by atoms with Gasteiger partial charge in [-0.1, -0.05) is 0 Å². The molecule has 0 fully saturated rings. The predicted octanol–water partition coefficient (Wildman–Crippen LogP) is 1.86. The predicted molar refractivity (Wildman–Crippen MR) is 52.4 cm³/mol. The van der Waals surface area contributed by atoms with E-state index in [1.807, 2.05) is 0 Å². The zero-order valence-electron chi connectivity index (χ0n) is 8.99. The van der Waals surface area contributed by atoms with E-state index in [9.17, 15) is 18.7 Å². The fourth-order valence-electron chi connectivity index (χ4n) is 1.17. The van der Waals surface area contributed by atoms with Crippen molar-refractivity contribution in [2.24, 2.45) is 0 Å². The summed E-state index contributed by atoms with van der Waals surface area (Å²) in [5.74, 6) is -8.65. The third kappa shape index (κ3) is 2.22. The van der Waals surface area contributed by atoms with E-state index in [1.54, 1.807) is 0 Å². The summed E-state index contributed by atoms with van der Waals surface area (Å²) in [5.41, 5.74) is -1.38. The molecule has 0 aliphatic carbocycles. The maximum Gasteiger partial charge on any atom is 0.342 e. The Morgan fingerprint density at radius 1 is 1.18 bits per heavy atom. The van der Waals surface area contributed by atoms with Gasteiger partial charge in [0.05, 0.1) is 6.10 Å². The summed E-state index contributed by atoms with van der Waals surface area (Å²) in [4.78, 5) is 10.6. The molecule has 1 aromatic carbocycles. The summed E-state index contributed by atoms with van der Waals surface area (Å²) in [6.07, 6.45) is -0.595. The number of carboxylic acid groups (broad SMARTS) is 1. The first-order valence-corrected chi connectivity index (χ1v) is 4.60. The summed E-state index contributed by atoms with van der Waals surface area (Å²) in [6.45, 7) is 2.97. The van der Waals surface area contributed by atoms with Crippen LogP contribution in [0.2, 0.25) is 0 Å². The lowest BCUT2D eigenvalue weighted by Crippen LogP contribution is -2.12. The van der Waals surface area contributed by atoms with E-state index in [1.165, 1.54) is 13.8 Å². The SMILES string of the molecule is CC(C)Oc1c(O)c(O)c(F)c(C(=O)O)c1F. The number of halogens is 2. The van der Waals surface area contributed by atoms with Crippen molar-refractivity contribution in [2.75, 3.05) is 0 Å². The number of aromatic hydroxyl groups is 2. The van der Waals surface area contributed by atoms with E-state index >= 15 is 0 Å². The Hall–Kier alpha value is -2.05. The Bertz CT molecular complexity index is 470. The van der Waals surface area contributed by atoms with Crippen molar-refractivity contribution in [2.45, 2.75) is 20.0 Å². The van der Waals surface area contributed by atoms with E-state index < -0.39 is 46.5 Å². The molecule has 0 atom stereocenters. The fraction of sp³-hybridized carbons (Fsp3) is 0.300. The molecule has 1 rings (SSSR count). The summed E-state index contributed by atoms with van der Waals surface area (Å²) in [7, 11) is 0. The molecule has 1 aromatic rings. The second-order valence-corrected chi connectivity index (χ2v) is 3.50. The van der Waals surface area contributed by atoms with E-state index in [-0.39, 0.29) is 0 Å². The second kappa shape index (κ2) is 4.44. The molecular weight excluding hydrogens is 238 g/mol. The largest absolute Gasteiger partial charge is 0.502 e. The van der Waals surface area contributed by atoms with Crippen LogP contribution in [-0.2, 0) is 0 Å². The van der Waals surface area contributed by atoms with Crippen LogP contribution in [0.5, 0.6) is 17.2 Å². The molecule has 0 aliphatic rings. The van der Waals surface area contributed by atoms with Gasteiger partial charge in [-0.15, -0.1) is 0 Å². The van der Waals surface area contributed by atoms with Crippen LogP contribution in [0.25, 0.3) is 0 Å². The van der Waals surface area contributed by atoms with Crippen molar-refractivity contribution in [3.63, 3.8) is 0 Å². The quantitative estimate of drug-likeness (QED) is 0.711. The number of rotatable bonds is 3. The monoisotopic (exact) mass is 248 g/mol. The van der Waals surface area contributed by atoms with Gasteiger partial charge >= 0.3 is 5.97 Å². The van der Waals surface area contributed by atoms with Gasteiger partial charge in [-0.05, 0) is 13.8 Å². The van der Waals surface area contributed by atoms with Gasteiger partial charge in [0, 0.05) is 0 Å². The summed E-state index contributed by atoms with van der Waals surface area (Å²) < 4.78 is 31.6. The number of ether oxygens (including phenoxy) is 1. The molecule has 0 bridgehead atoms. The Kier molecular flexibility index (Phi) is 3.40. The molecule has 0 amide bonds. The van der Waals surface area contributed by atoms with Crippen LogP contribution >= 0.6 is 0 Å². The van der Waals surface area contributed by atoms with Gasteiger partial charge in [0.15, 0.2) is 17.4 Å². The first kappa shape index (κ1) is 13.0. The van der Waals surface area contributed by atoms with Crippen LogP contribution in [0.4, 0.5) is 8.78 Å². The lowest BCUT2D eigenvalue weighted by molar-refractivity contribution is 0.0682. The minimum absolute atomic E-state index is 0.595. The van der Waals surface area contributed by atoms with Gasteiger partial charge in [0.25, 0.3) is 0 Å². The second-order valence-electron chi connectivity index (χ2n) is 3.50. The Morgan fingerprint density at radius 2 is 1.71 bits per heavy atom. The number of hydrogen-bond donors (Lipinski definition) is 3. The average Bonchev–Trinajstić information content (AvgIpc) is 2.21. The molecule has 17 heavy (non-hydrogen) atoms. The molecule has 0 aliphatic heterocycles. The zero-order valence-corrected chi connectivity index (χ0v) is 8.99. The number of benzene rings is 1. The minimum Gasteiger partial charge on any atom is -0.502 e. The van der Waals surface area contributed by atoms with Crippen molar-refractivity contribution in [3.05, 3.63) is 17.2 Å². The smallest absolute Gasteiger partial charge is 0.342 e. The number of carbonyl (C=O) groups is 1. The van der Waals surface area contributed by atoms with Crippen molar-refractivity contribution in [1.82, 2.24) is 0 Å². The van der Waals surface area contributed by atoms with Crippen LogP contribution in [0.1, 0.15) is 24.2 Å². The molecule has 0 spiro atoms. The third-order valence-electron chi connectivity index (χ3n) is 1.85. The third-order valence-corrected chi connectivity index (χ3v) is 1.85. The van der Waals surface area contributed by atoms with Crippen LogP contribution in [-0.4, -0.2) is 27.4 Å². The molecule has 0 saturated heterocycles. The highest BCUT2D eigenvalue weighted by molar-refractivity contribution is 5.90. The van der Waals surface area contributed by atoms with Crippen LogP contribution < -0.4 is 4.74 Å². The van der Waals surface area contributed by atoms with E-state index in [2.05, 4.69) is 0 Å². The Labute approximate surface area is 94.9 Å². The van der Waals surface area contributed by atoms with Crippen LogP contribution in [0.15, 0.2) is 0 Å². The molecular formula is C10H10F2O5. The molecule has 0 saturated carbocycles.